The Morgan fingerprint density at radius 2 is 2.05 bits per heavy atom. The number of aliphatic carboxylic acids is 1. The van der Waals surface area contributed by atoms with Crippen LogP contribution in [-0.2, 0) is 4.79 Å². The molecule has 2 heterocycles. The minimum absolute atomic E-state index is 0.0164. The van der Waals surface area contributed by atoms with Crippen LogP contribution in [0.4, 0.5) is 0 Å². The predicted molar refractivity (Wildman–Crippen MR) is 76.9 cm³/mol. The Morgan fingerprint density at radius 1 is 1.36 bits per heavy atom. The third-order valence-corrected chi connectivity index (χ3v) is 3.18. The van der Waals surface area contributed by atoms with E-state index in [2.05, 4.69) is 10.3 Å². The summed E-state index contributed by atoms with van der Waals surface area (Å²) in [6.45, 7) is 3.28. The van der Waals surface area contributed by atoms with E-state index in [1.54, 1.807) is 13.8 Å². The molecule has 0 aliphatic carbocycles. The quantitative estimate of drug-likeness (QED) is 0.744. The molecule has 0 unspecified atom stereocenters. The monoisotopic (exact) mass is 305 g/mol. The van der Waals surface area contributed by atoms with E-state index in [1.165, 1.54) is 18.3 Å². The van der Waals surface area contributed by atoms with Gasteiger partial charge in [-0.1, -0.05) is 13.8 Å². The van der Waals surface area contributed by atoms with Crippen molar-refractivity contribution in [2.75, 3.05) is 0 Å². The Hall–Kier alpha value is -2.90. The molecule has 8 nitrogen and oxygen atoms in total. The molecular weight excluding hydrogens is 290 g/mol. The normalized spacial score (nSPS) is 12.3. The van der Waals surface area contributed by atoms with Crippen molar-refractivity contribution in [2.45, 2.75) is 19.9 Å². The summed E-state index contributed by atoms with van der Waals surface area (Å²) in [4.78, 5) is 39.3. The molecule has 0 bridgehead atoms. The Balaban J connectivity index is 2.43. The van der Waals surface area contributed by atoms with Gasteiger partial charge in [-0.2, -0.15) is 0 Å². The zero-order valence-electron chi connectivity index (χ0n) is 12.0. The van der Waals surface area contributed by atoms with Crippen LogP contribution in [0.15, 0.2) is 29.3 Å². The molecule has 116 valence electrons. The van der Waals surface area contributed by atoms with Crippen LogP contribution in [0.3, 0.4) is 0 Å². The van der Waals surface area contributed by atoms with Crippen molar-refractivity contribution in [2.24, 2.45) is 5.92 Å². The number of hydrogen-bond donors (Lipinski definition) is 3. The number of aromatic nitrogens is 2. The zero-order chi connectivity index (χ0) is 16.4. The van der Waals surface area contributed by atoms with Crippen molar-refractivity contribution in [1.29, 1.82) is 0 Å². The van der Waals surface area contributed by atoms with Crippen LogP contribution >= 0.6 is 0 Å². The van der Waals surface area contributed by atoms with Gasteiger partial charge in [0.25, 0.3) is 11.5 Å². The van der Waals surface area contributed by atoms with E-state index in [9.17, 15) is 19.5 Å². The number of carbonyl (C=O) groups is 2. The maximum atomic E-state index is 12.2. The maximum Gasteiger partial charge on any atom is 0.326 e. The molecule has 8 heteroatoms. The number of carboxylic acids is 1. The van der Waals surface area contributed by atoms with Crippen molar-refractivity contribution in [3.8, 4) is 5.75 Å². The molecule has 0 aliphatic heterocycles. The third kappa shape index (κ3) is 2.76. The standard InChI is InChI=1S/C14H15N3O5/c1-7(2)10(14(21)22)16-12(19)8-6-15-11-9(18)4-3-5-17(11)13(8)20/h3-7,10,18H,1-2H3,(H,16,19)(H,21,22)/t10-/m0/s1. The summed E-state index contributed by atoms with van der Waals surface area (Å²) in [5.41, 5.74) is -0.969. The van der Waals surface area contributed by atoms with E-state index < -0.39 is 23.5 Å². The van der Waals surface area contributed by atoms with Crippen LogP contribution in [0.25, 0.3) is 5.65 Å². The highest BCUT2D eigenvalue weighted by atomic mass is 16.4. The lowest BCUT2D eigenvalue weighted by molar-refractivity contribution is -0.140. The van der Waals surface area contributed by atoms with Crippen molar-refractivity contribution in [3.63, 3.8) is 0 Å². The Labute approximate surface area is 125 Å². The van der Waals surface area contributed by atoms with Gasteiger partial charge in [-0.3, -0.25) is 14.0 Å². The zero-order valence-corrected chi connectivity index (χ0v) is 12.0. The van der Waals surface area contributed by atoms with Gasteiger partial charge < -0.3 is 15.5 Å². The minimum Gasteiger partial charge on any atom is -0.504 e. The van der Waals surface area contributed by atoms with Gasteiger partial charge in [-0.05, 0) is 18.1 Å². The Kier molecular flexibility index (Phi) is 4.11. The number of amides is 1. The third-order valence-electron chi connectivity index (χ3n) is 3.18. The number of rotatable bonds is 4. The first-order chi connectivity index (χ1) is 10.3. The second-order valence-electron chi connectivity index (χ2n) is 5.10. The SMILES string of the molecule is CC(C)[C@H](NC(=O)c1cnc2c(O)cccn2c1=O)C(=O)O. The maximum absolute atomic E-state index is 12.2. The first-order valence-corrected chi connectivity index (χ1v) is 6.56. The number of nitrogens with one attached hydrogen (secondary N) is 1. The summed E-state index contributed by atoms with van der Waals surface area (Å²) in [7, 11) is 0. The van der Waals surface area contributed by atoms with Gasteiger partial charge >= 0.3 is 5.97 Å². The van der Waals surface area contributed by atoms with E-state index in [4.69, 9.17) is 5.11 Å². The van der Waals surface area contributed by atoms with Crippen molar-refractivity contribution in [3.05, 3.63) is 40.4 Å². The van der Waals surface area contributed by atoms with Gasteiger partial charge in [-0.25, -0.2) is 9.78 Å². The molecule has 22 heavy (non-hydrogen) atoms. The molecule has 2 rings (SSSR count). The highest BCUT2D eigenvalue weighted by Crippen LogP contribution is 2.13. The molecule has 0 fully saturated rings. The summed E-state index contributed by atoms with van der Waals surface area (Å²) in [6.07, 6.45) is 2.38. The number of fused-ring (bicyclic) bond motifs is 1. The average molecular weight is 305 g/mol. The van der Waals surface area contributed by atoms with Gasteiger partial charge in [0.05, 0.1) is 0 Å². The molecule has 0 spiro atoms. The number of pyridine rings is 1. The molecule has 3 N–H and O–H groups in total. The van der Waals surface area contributed by atoms with E-state index in [0.29, 0.717) is 0 Å². The number of nitrogens with zero attached hydrogens (tertiary/aromatic N) is 2. The van der Waals surface area contributed by atoms with Crippen LogP contribution in [0.5, 0.6) is 5.75 Å². The highest BCUT2D eigenvalue weighted by Gasteiger charge is 2.25. The summed E-state index contributed by atoms with van der Waals surface area (Å²) in [5, 5.41) is 21.0. The lowest BCUT2D eigenvalue weighted by Crippen LogP contribution is -2.45. The van der Waals surface area contributed by atoms with E-state index >= 15 is 0 Å². The molecule has 0 aromatic carbocycles. The van der Waals surface area contributed by atoms with Crippen LogP contribution < -0.4 is 10.9 Å². The molecule has 2 aromatic heterocycles. The van der Waals surface area contributed by atoms with E-state index in [1.807, 2.05) is 0 Å². The topological polar surface area (TPSA) is 121 Å². The molecule has 0 saturated heterocycles. The summed E-state index contributed by atoms with van der Waals surface area (Å²) in [5.74, 6) is -2.55. The Bertz CT molecular complexity index is 797. The summed E-state index contributed by atoms with van der Waals surface area (Å²) < 4.78 is 1.02. The molecule has 0 aliphatic rings. The molecule has 1 atom stereocenters. The van der Waals surface area contributed by atoms with Crippen molar-refractivity contribution >= 4 is 17.5 Å². The van der Waals surface area contributed by atoms with E-state index in [0.717, 1.165) is 10.6 Å². The largest absolute Gasteiger partial charge is 0.504 e. The first-order valence-electron chi connectivity index (χ1n) is 6.56. The molecule has 1 amide bonds. The van der Waals surface area contributed by atoms with Crippen LogP contribution in [0, 0.1) is 5.92 Å². The second kappa shape index (κ2) is 5.84. The van der Waals surface area contributed by atoms with Crippen molar-refractivity contribution < 1.29 is 19.8 Å². The van der Waals surface area contributed by atoms with Gasteiger partial charge in [0, 0.05) is 12.4 Å². The van der Waals surface area contributed by atoms with Gasteiger partial charge in [-0.15, -0.1) is 0 Å². The molecular formula is C14H15N3O5. The predicted octanol–water partition coefficient (Wildman–Crippen LogP) is 0.239. The number of carboxylic acid groups (broad SMARTS) is 1. The van der Waals surface area contributed by atoms with E-state index in [-0.39, 0.29) is 22.9 Å². The molecule has 0 radical (unpaired) electrons. The van der Waals surface area contributed by atoms with Crippen LogP contribution in [-0.4, -0.2) is 37.5 Å². The van der Waals surface area contributed by atoms with Crippen LogP contribution in [0.1, 0.15) is 24.2 Å². The summed E-state index contributed by atoms with van der Waals surface area (Å²) in [6, 6.07) is 1.68. The molecule has 0 saturated carbocycles. The second-order valence-corrected chi connectivity index (χ2v) is 5.10. The summed E-state index contributed by atoms with van der Waals surface area (Å²) >= 11 is 0. The van der Waals surface area contributed by atoms with Gasteiger partial charge in [0.1, 0.15) is 11.6 Å². The highest BCUT2D eigenvalue weighted by molar-refractivity contribution is 5.96. The number of hydrogen-bond acceptors (Lipinski definition) is 5. The van der Waals surface area contributed by atoms with Gasteiger partial charge in [0.15, 0.2) is 11.4 Å². The van der Waals surface area contributed by atoms with Gasteiger partial charge in [0.2, 0.25) is 0 Å². The minimum atomic E-state index is -1.19. The lowest BCUT2D eigenvalue weighted by Gasteiger charge is -2.17. The molecule has 2 aromatic rings. The number of aromatic hydroxyl groups is 1. The van der Waals surface area contributed by atoms with Crippen molar-refractivity contribution in [1.82, 2.24) is 14.7 Å². The lowest BCUT2D eigenvalue weighted by atomic mass is 10.0. The average Bonchev–Trinajstić information content (AvgIpc) is 2.45. The Morgan fingerprint density at radius 3 is 2.64 bits per heavy atom. The number of carbonyl (C=O) groups excluding carboxylic acids is 1. The fraction of sp³-hybridized carbons (Fsp3) is 0.286. The fourth-order valence-electron chi connectivity index (χ4n) is 1.98. The van der Waals surface area contributed by atoms with Crippen LogP contribution in [0.2, 0.25) is 0 Å². The fourth-order valence-corrected chi connectivity index (χ4v) is 1.98. The smallest absolute Gasteiger partial charge is 0.326 e. The first kappa shape index (κ1) is 15.5.